The quantitative estimate of drug-likeness (QED) is 0.825. The second kappa shape index (κ2) is 5.85. The number of hydrogen-bond donors (Lipinski definition) is 1. The number of benzene rings is 2. The largest absolute Gasteiger partial charge is 0.320 e. The van der Waals surface area contributed by atoms with Crippen LogP contribution in [0.2, 0.25) is 0 Å². The van der Waals surface area contributed by atoms with Crippen molar-refractivity contribution in [3.63, 3.8) is 0 Å². The van der Waals surface area contributed by atoms with Crippen molar-refractivity contribution >= 4 is 33.3 Å². The van der Waals surface area contributed by atoms with Gasteiger partial charge in [-0.05, 0) is 55.7 Å². The van der Waals surface area contributed by atoms with Gasteiger partial charge in [-0.1, -0.05) is 30.8 Å². The van der Waals surface area contributed by atoms with Gasteiger partial charge in [0.25, 0.3) is 10.1 Å². The molecule has 1 unspecified atom stereocenters. The molecule has 1 atom stereocenters. The molecular formula is C17H19NO3S2. The zero-order chi connectivity index (χ0) is 16.8. The fourth-order valence-corrected chi connectivity index (χ4v) is 4.95. The fourth-order valence-electron chi connectivity index (χ4n) is 2.89. The predicted octanol–water partition coefficient (Wildman–Crippen LogP) is 4.53. The van der Waals surface area contributed by atoms with Crippen LogP contribution in [0.3, 0.4) is 0 Å². The highest BCUT2D eigenvalue weighted by molar-refractivity contribution is 7.99. The number of aryl methyl sites for hydroxylation is 2. The molecule has 1 aliphatic heterocycles. The van der Waals surface area contributed by atoms with Crippen LogP contribution in [0.4, 0.5) is 11.4 Å². The highest BCUT2D eigenvalue weighted by Crippen LogP contribution is 2.50. The Morgan fingerprint density at radius 1 is 1.04 bits per heavy atom. The fraction of sp³-hybridized carbons (Fsp3) is 0.294. The topological polar surface area (TPSA) is 57.6 Å². The molecule has 4 nitrogen and oxygen atoms in total. The van der Waals surface area contributed by atoms with Gasteiger partial charge in [0, 0.05) is 9.79 Å². The van der Waals surface area contributed by atoms with Crippen LogP contribution in [-0.2, 0) is 10.1 Å². The summed E-state index contributed by atoms with van der Waals surface area (Å²) in [4.78, 5) is 3.75. The first-order valence-electron chi connectivity index (χ1n) is 7.46. The lowest BCUT2D eigenvalue weighted by Crippen LogP contribution is -2.38. The van der Waals surface area contributed by atoms with Crippen molar-refractivity contribution in [1.82, 2.24) is 0 Å². The zero-order valence-electron chi connectivity index (χ0n) is 13.3. The Labute approximate surface area is 141 Å². The van der Waals surface area contributed by atoms with Crippen molar-refractivity contribution in [2.75, 3.05) is 4.90 Å². The average Bonchev–Trinajstić information content (AvgIpc) is 2.46. The smallest absolute Gasteiger partial charge is 0.286 e. The van der Waals surface area contributed by atoms with Gasteiger partial charge in [0.1, 0.15) is 0 Å². The summed E-state index contributed by atoms with van der Waals surface area (Å²) in [5.41, 5.74) is 3.82. The molecule has 0 saturated carbocycles. The molecule has 0 fully saturated rings. The van der Waals surface area contributed by atoms with Crippen LogP contribution in [0.25, 0.3) is 0 Å². The highest BCUT2D eigenvalue weighted by atomic mass is 32.2. The van der Waals surface area contributed by atoms with Gasteiger partial charge in [-0.3, -0.25) is 4.55 Å². The number of nitrogens with zero attached hydrogens (tertiary/aromatic N) is 1. The van der Waals surface area contributed by atoms with Crippen LogP contribution in [0, 0.1) is 13.8 Å². The number of hydrogen-bond acceptors (Lipinski definition) is 4. The Balaban J connectivity index is 2.27. The molecule has 2 aromatic rings. The SMILES string of the molecule is CCC(N1c2ccc(C)cc2Sc2ccc(C)cc21)S(=O)(=O)O. The summed E-state index contributed by atoms with van der Waals surface area (Å²) in [6.45, 7) is 5.75. The molecule has 23 heavy (non-hydrogen) atoms. The lowest BCUT2D eigenvalue weighted by Gasteiger charge is -2.37. The van der Waals surface area contributed by atoms with Gasteiger partial charge in [0.15, 0.2) is 5.37 Å². The van der Waals surface area contributed by atoms with Crippen LogP contribution in [0.5, 0.6) is 0 Å². The van der Waals surface area contributed by atoms with Crippen LogP contribution in [-0.4, -0.2) is 18.3 Å². The van der Waals surface area contributed by atoms with Crippen molar-refractivity contribution < 1.29 is 13.0 Å². The maximum atomic E-state index is 11.9. The lowest BCUT2D eigenvalue weighted by molar-refractivity contribution is 0.464. The number of rotatable bonds is 3. The molecule has 0 radical (unpaired) electrons. The van der Waals surface area contributed by atoms with Gasteiger partial charge in [0.05, 0.1) is 11.4 Å². The molecule has 1 N–H and O–H groups in total. The first-order valence-corrected chi connectivity index (χ1v) is 9.78. The Kier molecular flexibility index (Phi) is 4.16. The summed E-state index contributed by atoms with van der Waals surface area (Å²) in [6, 6.07) is 11.9. The Morgan fingerprint density at radius 2 is 1.70 bits per heavy atom. The van der Waals surface area contributed by atoms with Crippen molar-refractivity contribution in [2.24, 2.45) is 0 Å². The van der Waals surface area contributed by atoms with Crippen LogP contribution >= 0.6 is 11.8 Å². The summed E-state index contributed by atoms with van der Waals surface area (Å²) < 4.78 is 33.6. The minimum Gasteiger partial charge on any atom is -0.320 e. The van der Waals surface area contributed by atoms with E-state index in [9.17, 15) is 13.0 Å². The molecule has 0 bridgehead atoms. The first kappa shape index (κ1) is 16.4. The van der Waals surface area contributed by atoms with Crippen LogP contribution < -0.4 is 4.90 Å². The van der Waals surface area contributed by atoms with E-state index in [1.54, 1.807) is 23.6 Å². The van der Waals surface area contributed by atoms with E-state index in [0.29, 0.717) is 6.42 Å². The maximum absolute atomic E-state index is 11.9. The zero-order valence-corrected chi connectivity index (χ0v) is 14.9. The molecule has 0 aliphatic carbocycles. The van der Waals surface area contributed by atoms with Gasteiger partial charge >= 0.3 is 0 Å². The summed E-state index contributed by atoms with van der Waals surface area (Å²) in [5.74, 6) is 0. The van der Waals surface area contributed by atoms with Gasteiger partial charge in [0.2, 0.25) is 0 Å². The van der Waals surface area contributed by atoms with Crippen molar-refractivity contribution in [1.29, 1.82) is 0 Å². The minimum atomic E-state index is -4.21. The second-order valence-electron chi connectivity index (χ2n) is 5.79. The van der Waals surface area contributed by atoms with E-state index in [2.05, 4.69) is 0 Å². The molecule has 0 spiro atoms. The standard InChI is InChI=1S/C17H19NO3S2/c1-4-17(23(19,20)21)18-13-7-5-12(3)10-16(13)22-15-8-6-11(2)9-14(15)18/h5-10,17H,4H2,1-3H3,(H,19,20,21). The Hall–Kier alpha value is -1.50. The van der Waals surface area contributed by atoms with E-state index in [4.69, 9.17) is 0 Å². The minimum absolute atomic E-state index is 0.296. The number of fused-ring (bicyclic) bond motifs is 2. The molecule has 1 aliphatic rings. The molecular weight excluding hydrogens is 330 g/mol. The van der Waals surface area contributed by atoms with Crippen molar-refractivity contribution in [3.05, 3.63) is 47.5 Å². The van der Waals surface area contributed by atoms with Gasteiger partial charge in [-0.25, -0.2) is 0 Å². The third kappa shape index (κ3) is 2.98. The molecule has 0 amide bonds. The molecule has 6 heteroatoms. The molecule has 0 saturated heterocycles. The van der Waals surface area contributed by atoms with E-state index in [1.165, 1.54) is 0 Å². The molecule has 0 aromatic heterocycles. The molecule has 122 valence electrons. The van der Waals surface area contributed by atoms with Gasteiger partial charge in [-0.15, -0.1) is 0 Å². The average molecular weight is 349 g/mol. The normalized spacial score (nSPS) is 15.0. The third-order valence-electron chi connectivity index (χ3n) is 3.95. The van der Waals surface area contributed by atoms with Crippen LogP contribution in [0.15, 0.2) is 46.2 Å². The Bertz CT molecular complexity index is 862. The van der Waals surface area contributed by atoms with Crippen molar-refractivity contribution in [3.8, 4) is 0 Å². The van der Waals surface area contributed by atoms with E-state index < -0.39 is 15.5 Å². The van der Waals surface area contributed by atoms with Crippen LogP contribution in [0.1, 0.15) is 24.5 Å². The molecule has 2 aromatic carbocycles. The molecule has 1 heterocycles. The number of anilines is 2. The monoisotopic (exact) mass is 349 g/mol. The van der Waals surface area contributed by atoms with E-state index in [1.807, 2.05) is 50.2 Å². The maximum Gasteiger partial charge on any atom is 0.286 e. The van der Waals surface area contributed by atoms with E-state index in [-0.39, 0.29) is 0 Å². The van der Waals surface area contributed by atoms with Gasteiger partial charge in [-0.2, -0.15) is 8.42 Å². The predicted molar refractivity (Wildman–Crippen MR) is 94.2 cm³/mol. The highest BCUT2D eigenvalue weighted by Gasteiger charge is 2.35. The summed E-state index contributed by atoms with van der Waals surface area (Å²) in [6.07, 6.45) is 0.296. The third-order valence-corrected chi connectivity index (χ3v) is 6.29. The summed E-state index contributed by atoms with van der Waals surface area (Å²) in [5, 5.41) is -0.995. The van der Waals surface area contributed by atoms with Gasteiger partial charge < -0.3 is 4.90 Å². The summed E-state index contributed by atoms with van der Waals surface area (Å²) >= 11 is 1.63. The van der Waals surface area contributed by atoms with E-state index >= 15 is 0 Å². The Morgan fingerprint density at radius 3 is 2.35 bits per heavy atom. The lowest BCUT2D eigenvalue weighted by atomic mass is 10.1. The summed E-state index contributed by atoms with van der Waals surface area (Å²) in [7, 11) is -4.21. The van der Waals surface area contributed by atoms with E-state index in [0.717, 1.165) is 32.3 Å². The second-order valence-corrected chi connectivity index (χ2v) is 8.45. The van der Waals surface area contributed by atoms with Crippen molar-refractivity contribution in [2.45, 2.75) is 42.4 Å². The first-order chi connectivity index (χ1) is 10.8. The molecule has 3 rings (SSSR count).